The van der Waals surface area contributed by atoms with Crippen LogP contribution in [0.4, 0.5) is 0 Å². The van der Waals surface area contributed by atoms with Crippen molar-refractivity contribution in [3.63, 3.8) is 0 Å². The fourth-order valence-corrected chi connectivity index (χ4v) is 2.97. The molecule has 0 aliphatic carbocycles. The number of likely N-dealkylation sites (N-methyl/N-ethyl adjacent to an activating group) is 1. The molecular weight excluding hydrogens is 364 g/mol. The summed E-state index contributed by atoms with van der Waals surface area (Å²) in [5, 5.41) is 2.25. The number of methoxy groups -OCH3 is 1. The summed E-state index contributed by atoms with van der Waals surface area (Å²) in [5.74, 6) is 0.511. The van der Waals surface area contributed by atoms with Crippen LogP contribution in [-0.2, 0) is 16.0 Å². The van der Waals surface area contributed by atoms with Crippen LogP contribution in [0.2, 0.25) is 0 Å². The first-order chi connectivity index (χ1) is 14.0. The maximum absolute atomic E-state index is 11.2. The molecule has 0 fully saturated rings. The Hall–Kier alpha value is -3.18. The molecule has 0 atom stereocenters. The van der Waals surface area contributed by atoms with Gasteiger partial charge in [0.15, 0.2) is 0 Å². The van der Waals surface area contributed by atoms with Gasteiger partial charge in [-0.25, -0.2) is 4.79 Å². The summed E-state index contributed by atoms with van der Waals surface area (Å²) in [6, 6.07) is 16.2. The summed E-state index contributed by atoms with van der Waals surface area (Å²) in [4.78, 5) is 17.9. The Labute approximate surface area is 171 Å². The van der Waals surface area contributed by atoms with Crippen LogP contribution in [0.5, 0.6) is 5.75 Å². The third kappa shape index (κ3) is 5.90. The number of ether oxygens (including phenoxy) is 2. The molecule has 0 bridgehead atoms. The van der Waals surface area contributed by atoms with E-state index < -0.39 is 0 Å². The van der Waals surface area contributed by atoms with Crippen LogP contribution >= 0.6 is 0 Å². The fraction of sp³-hybridized carbons (Fsp3) is 0.250. The third-order valence-corrected chi connectivity index (χ3v) is 4.59. The number of hydrogen-bond donors (Lipinski definition) is 0. The van der Waals surface area contributed by atoms with Gasteiger partial charge in [-0.2, -0.15) is 0 Å². The van der Waals surface area contributed by atoms with Crippen molar-refractivity contribution in [2.75, 3.05) is 34.4 Å². The lowest BCUT2D eigenvalue weighted by Gasteiger charge is -2.12. The molecule has 0 radical (unpaired) electrons. The van der Waals surface area contributed by atoms with Gasteiger partial charge in [0.25, 0.3) is 0 Å². The topological polar surface area (TPSA) is 51.7 Å². The van der Waals surface area contributed by atoms with Gasteiger partial charge in [0.2, 0.25) is 0 Å². The largest absolute Gasteiger partial charge is 0.492 e. The Morgan fingerprint density at radius 1 is 1.10 bits per heavy atom. The Balaban J connectivity index is 1.73. The van der Waals surface area contributed by atoms with Gasteiger partial charge in [-0.05, 0) is 60.9 Å². The highest BCUT2D eigenvalue weighted by atomic mass is 16.5. The number of carbonyl (C=O) groups is 1. The van der Waals surface area contributed by atoms with Gasteiger partial charge >= 0.3 is 5.97 Å². The second-order valence-electron chi connectivity index (χ2n) is 7.07. The Morgan fingerprint density at radius 3 is 2.62 bits per heavy atom. The molecule has 29 heavy (non-hydrogen) atoms. The van der Waals surface area contributed by atoms with Gasteiger partial charge in [0, 0.05) is 30.6 Å². The van der Waals surface area contributed by atoms with E-state index in [0.717, 1.165) is 46.3 Å². The second kappa shape index (κ2) is 9.85. The molecule has 0 unspecified atom stereocenters. The van der Waals surface area contributed by atoms with Gasteiger partial charge in [-0.1, -0.05) is 24.3 Å². The van der Waals surface area contributed by atoms with Crippen molar-refractivity contribution in [2.24, 2.45) is 0 Å². The van der Waals surface area contributed by atoms with Crippen LogP contribution in [0.3, 0.4) is 0 Å². The quantitative estimate of drug-likeness (QED) is 0.431. The number of nitrogens with zero attached hydrogens (tertiary/aromatic N) is 2. The van der Waals surface area contributed by atoms with Crippen molar-refractivity contribution in [1.29, 1.82) is 0 Å². The number of pyridine rings is 1. The maximum atomic E-state index is 11.2. The molecule has 0 N–H and O–H groups in total. The van der Waals surface area contributed by atoms with Crippen LogP contribution < -0.4 is 4.74 Å². The molecule has 150 valence electrons. The van der Waals surface area contributed by atoms with Crippen molar-refractivity contribution >= 4 is 22.8 Å². The van der Waals surface area contributed by atoms with E-state index in [0.29, 0.717) is 6.61 Å². The van der Waals surface area contributed by atoms with Gasteiger partial charge in [-0.3, -0.25) is 4.98 Å². The lowest BCUT2D eigenvalue weighted by molar-refractivity contribution is -0.134. The summed E-state index contributed by atoms with van der Waals surface area (Å²) in [6.07, 6.45) is 5.73. The van der Waals surface area contributed by atoms with Crippen LogP contribution in [0.15, 0.2) is 60.8 Å². The highest BCUT2D eigenvalue weighted by Crippen LogP contribution is 2.24. The first kappa shape index (κ1) is 20.6. The number of carbonyl (C=O) groups excluding carboxylic acids is 1. The minimum atomic E-state index is -0.362. The third-order valence-electron chi connectivity index (χ3n) is 4.59. The van der Waals surface area contributed by atoms with Crippen molar-refractivity contribution in [3.05, 3.63) is 77.6 Å². The molecule has 1 heterocycles. The fourth-order valence-electron chi connectivity index (χ4n) is 2.97. The molecule has 0 amide bonds. The van der Waals surface area contributed by atoms with E-state index in [1.54, 1.807) is 6.08 Å². The number of fused-ring (bicyclic) bond motifs is 1. The Kier molecular flexibility index (Phi) is 6.98. The second-order valence-corrected chi connectivity index (χ2v) is 7.07. The number of hydrogen-bond acceptors (Lipinski definition) is 5. The SMILES string of the molecule is COC(=O)/C=C/c1ccc(Cc2nccc3cc(OCCN(C)C)ccc23)cc1. The molecule has 0 saturated carbocycles. The molecule has 5 heteroatoms. The summed E-state index contributed by atoms with van der Waals surface area (Å²) < 4.78 is 10.5. The van der Waals surface area contributed by atoms with Gasteiger partial charge < -0.3 is 14.4 Å². The summed E-state index contributed by atoms with van der Waals surface area (Å²) in [5.41, 5.74) is 3.14. The summed E-state index contributed by atoms with van der Waals surface area (Å²) in [6.45, 7) is 1.54. The smallest absolute Gasteiger partial charge is 0.330 e. The zero-order valence-electron chi connectivity index (χ0n) is 17.1. The predicted octanol–water partition coefficient (Wildman–Crippen LogP) is 3.95. The number of esters is 1. The van der Waals surface area contributed by atoms with Crippen LogP contribution in [0.25, 0.3) is 16.8 Å². The average Bonchev–Trinajstić information content (AvgIpc) is 2.73. The molecular formula is C24H26N2O3. The molecule has 2 aromatic carbocycles. The maximum Gasteiger partial charge on any atom is 0.330 e. The molecule has 0 aliphatic rings. The number of rotatable bonds is 8. The predicted molar refractivity (Wildman–Crippen MR) is 116 cm³/mol. The standard InChI is InChI=1S/C24H26N2O3/c1-26(2)14-15-29-21-9-10-22-20(17-21)12-13-25-23(22)16-19-6-4-18(5-7-19)8-11-24(27)28-3/h4-13,17H,14-16H2,1-3H3/b11-8+. The van der Waals surface area contributed by atoms with E-state index in [1.807, 2.05) is 44.6 Å². The molecule has 3 aromatic rings. The first-order valence-electron chi connectivity index (χ1n) is 9.55. The van der Waals surface area contributed by atoms with Crippen LogP contribution in [0.1, 0.15) is 16.8 Å². The molecule has 1 aromatic heterocycles. The monoisotopic (exact) mass is 390 g/mol. The van der Waals surface area contributed by atoms with Crippen molar-refractivity contribution in [2.45, 2.75) is 6.42 Å². The highest BCUT2D eigenvalue weighted by Gasteiger charge is 2.06. The van der Waals surface area contributed by atoms with Crippen molar-refractivity contribution in [3.8, 4) is 5.75 Å². The summed E-state index contributed by atoms with van der Waals surface area (Å²) in [7, 11) is 5.43. The van der Waals surface area contributed by atoms with Crippen LogP contribution in [-0.4, -0.2) is 50.2 Å². The molecule has 0 spiro atoms. The van der Waals surface area contributed by atoms with E-state index in [4.69, 9.17) is 4.74 Å². The zero-order chi connectivity index (χ0) is 20.6. The normalized spacial score (nSPS) is 11.3. The molecule has 0 saturated heterocycles. The Morgan fingerprint density at radius 2 is 1.90 bits per heavy atom. The first-order valence-corrected chi connectivity index (χ1v) is 9.55. The Bertz CT molecular complexity index is 995. The highest BCUT2D eigenvalue weighted by molar-refractivity contribution is 5.87. The summed E-state index contributed by atoms with van der Waals surface area (Å²) >= 11 is 0. The molecule has 5 nitrogen and oxygen atoms in total. The van der Waals surface area contributed by atoms with E-state index in [1.165, 1.54) is 13.2 Å². The number of benzene rings is 2. The van der Waals surface area contributed by atoms with Gasteiger partial charge in [0.05, 0.1) is 12.8 Å². The molecule has 0 aliphatic heterocycles. The minimum Gasteiger partial charge on any atom is -0.492 e. The zero-order valence-corrected chi connectivity index (χ0v) is 17.1. The van der Waals surface area contributed by atoms with E-state index in [-0.39, 0.29) is 5.97 Å². The molecule has 3 rings (SSSR count). The lowest BCUT2D eigenvalue weighted by atomic mass is 10.0. The van der Waals surface area contributed by atoms with E-state index >= 15 is 0 Å². The average molecular weight is 390 g/mol. The van der Waals surface area contributed by atoms with Crippen molar-refractivity contribution < 1.29 is 14.3 Å². The van der Waals surface area contributed by atoms with E-state index in [9.17, 15) is 4.79 Å². The van der Waals surface area contributed by atoms with Crippen LogP contribution in [0, 0.1) is 0 Å². The van der Waals surface area contributed by atoms with Gasteiger partial charge in [0.1, 0.15) is 12.4 Å². The minimum absolute atomic E-state index is 0.362. The van der Waals surface area contributed by atoms with E-state index in [2.05, 4.69) is 38.9 Å². The lowest BCUT2D eigenvalue weighted by Crippen LogP contribution is -2.19. The van der Waals surface area contributed by atoms with Crippen molar-refractivity contribution in [1.82, 2.24) is 9.88 Å². The van der Waals surface area contributed by atoms with Gasteiger partial charge in [-0.15, -0.1) is 0 Å². The number of aromatic nitrogens is 1.